The molecule has 0 radical (unpaired) electrons. The number of carbonyl (C=O) groups excluding carboxylic acids is 1. The van der Waals surface area contributed by atoms with Crippen LogP contribution >= 0.6 is 12.2 Å². The molecule has 132 valence electrons. The van der Waals surface area contributed by atoms with Crippen LogP contribution in [-0.2, 0) is 9.47 Å². The maximum absolute atomic E-state index is 11.6. The standard InChI is InChI=1S/C17H25N3O3S/c1-13-4-5-14(16(21)22-2)12-15(13)19-17(24)18-6-3-7-20-8-10-23-11-9-20/h4-5,12H,3,6-11H2,1-2H3,(H2,18,19,24)/p+1. The number of hydrogen-bond acceptors (Lipinski definition) is 4. The topological polar surface area (TPSA) is 64.0 Å². The van der Waals surface area contributed by atoms with Crippen LogP contribution in [0.25, 0.3) is 0 Å². The van der Waals surface area contributed by atoms with Crippen molar-refractivity contribution in [1.29, 1.82) is 0 Å². The molecule has 6 nitrogen and oxygen atoms in total. The summed E-state index contributed by atoms with van der Waals surface area (Å²) in [7, 11) is 1.37. The molecule has 7 heteroatoms. The summed E-state index contributed by atoms with van der Waals surface area (Å²) in [6.07, 6.45) is 1.05. The van der Waals surface area contributed by atoms with Crippen LogP contribution in [0.3, 0.4) is 0 Å². The van der Waals surface area contributed by atoms with E-state index in [4.69, 9.17) is 21.7 Å². The summed E-state index contributed by atoms with van der Waals surface area (Å²) in [6, 6.07) is 5.37. The molecule has 2 rings (SSSR count). The molecule has 1 saturated heterocycles. The largest absolute Gasteiger partial charge is 0.465 e. The number of rotatable bonds is 6. The third kappa shape index (κ3) is 5.74. The van der Waals surface area contributed by atoms with E-state index in [-0.39, 0.29) is 5.97 Å². The van der Waals surface area contributed by atoms with E-state index in [1.807, 2.05) is 13.0 Å². The quantitative estimate of drug-likeness (QED) is 0.391. The van der Waals surface area contributed by atoms with Crippen LogP contribution in [0.2, 0.25) is 0 Å². The molecule has 1 aliphatic heterocycles. The number of hydrogen-bond donors (Lipinski definition) is 3. The van der Waals surface area contributed by atoms with Gasteiger partial charge < -0.3 is 25.0 Å². The zero-order chi connectivity index (χ0) is 17.4. The first-order valence-electron chi connectivity index (χ1n) is 8.25. The summed E-state index contributed by atoms with van der Waals surface area (Å²) < 4.78 is 10.1. The summed E-state index contributed by atoms with van der Waals surface area (Å²) in [5.41, 5.74) is 2.34. The molecule has 1 aliphatic rings. The molecule has 1 heterocycles. The molecule has 0 saturated carbocycles. The van der Waals surface area contributed by atoms with E-state index in [2.05, 4.69) is 10.6 Å². The molecule has 1 aromatic carbocycles. The van der Waals surface area contributed by atoms with Crippen molar-refractivity contribution in [2.75, 3.05) is 51.8 Å². The lowest BCUT2D eigenvalue weighted by molar-refractivity contribution is -0.908. The van der Waals surface area contributed by atoms with E-state index in [0.29, 0.717) is 10.7 Å². The van der Waals surface area contributed by atoms with Crippen LogP contribution in [-0.4, -0.2) is 57.6 Å². The van der Waals surface area contributed by atoms with E-state index >= 15 is 0 Å². The van der Waals surface area contributed by atoms with E-state index in [1.54, 1.807) is 17.0 Å². The molecule has 0 aromatic heterocycles. The Bertz CT molecular complexity index is 574. The second-order valence-electron chi connectivity index (χ2n) is 5.87. The van der Waals surface area contributed by atoms with Gasteiger partial charge in [-0.05, 0) is 36.8 Å². The van der Waals surface area contributed by atoms with Gasteiger partial charge in [0.1, 0.15) is 13.1 Å². The van der Waals surface area contributed by atoms with Gasteiger partial charge in [-0.25, -0.2) is 4.79 Å². The first kappa shape index (κ1) is 18.6. The van der Waals surface area contributed by atoms with Crippen LogP contribution in [0, 0.1) is 6.92 Å². The van der Waals surface area contributed by atoms with Gasteiger partial charge in [-0.15, -0.1) is 0 Å². The van der Waals surface area contributed by atoms with Crippen LogP contribution in [0.1, 0.15) is 22.3 Å². The Kier molecular flexibility index (Phi) is 7.42. The molecule has 0 bridgehead atoms. The lowest BCUT2D eigenvalue weighted by Crippen LogP contribution is -3.14. The maximum atomic E-state index is 11.6. The molecule has 0 unspecified atom stereocenters. The van der Waals surface area contributed by atoms with Crippen molar-refractivity contribution < 1.29 is 19.2 Å². The fraction of sp³-hybridized carbons (Fsp3) is 0.529. The Labute approximate surface area is 148 Å². The second-order valence-corrected chi connectivity index (χ2v) is 6.28. The van der Waals surface area contributed by atoms with Crippen molar-refractivity contribution in [3.8, 4) is 0 Å². The lowest BCUT2D eigenvalue weighted by Gasteiger charge is -2.23. The molecule has 0 aliphatic carbocycles. The zero-order valence-electron chi connectivity index (χ0n) is 14.3. The van der Waals surface area contributed by atoms with Crippen LogP contribution in [0.4, 0.5) is 5.69 Å². The van der Waals surface area contributed by atoms with Crippen molar-refractivity contribution in [3.05, 3.63) is 29.3 Å². The summed E-state index contributed by atoms with van der Waals surface area (Å²) in [5, 5.41) is 6.94. The lowest BCUT2D eigenvalue weighted by atomic mass is 10.1. The predicted molar refractivity (Wildman–Crippen MR) is 97.7 cm³/mol. The number of thiocarbonyl (C=S) groups is 1. The van der Waals surface area contributed by atoms with Gasteiger partial charge in [-0.3, -0.25) is 0 Å². The highest BCUT2D eigenvalue weighted by molar-refractivity contribution is 7.80. The number of anilines is 1. The number of methoxy groups -OCH3 is 1. The van der Waals surface area contributed by atoms with Gasteiger partial charge in [-0.2, -0.15) is 0 Å². The van der Waals surface area contributed by atoms with Crippen molar-refractivity contribution in [1.82, 2.24) is 5.32 Å². The van der Waals surface area contributed by atoms with Gasteiger partial charge in [0.2, 0.25) is 0 Å². The Morgan fingerprint density at radius 3 is 2.83 bits per heavy atom. The highest BCUT2D eigenvalue weighted by atomic mass is 32.1. The van der Waals surface area contributed by atoms with Gasteiger partial charge >= 0.3 is 5.97 Å². The fourth-order valence-corrected chi connectivity index (χ4v) is 2.83. The molecule has 3 N–H and O–H groups in total. The van der Waals surface area contributed by atoms with Gasteiger partial charge in [0.25, 0.3) is 0 Å². The zero-order valence-corrected chi connectivity index (χ0v) is 15.1. The number of morpholine rings is 1. The molecule has 1 fully saturated rings. The normalized spacial score (nSPS) is 14.9. The summed E-state index contributed by atoms with van der Waals surface area (Å²) in [4.78, 5) is 13.2. The minimum Gasteiger partial charge on any atom is -0.465 e. The number of carbonyl (C=O) groups is 1. The molecule has 0 spiro atoms. The molecule has 1 aromatic rings. The van der Waals surface area contributed by atoms with E-state index in [1.165, 1.54) is 7.11 Å². The summed E-state index contributed by atoms with van der Waals surface area (Å²) >= 11 is 5.34. The molecule has 0 atom stereocenters. The number of aryl methyl sites for hydroxylation is 1. The minimum atomic E-state index is -0.356. The van der Waals surface area contributed by atoms with Crippen molar-refractivity contribution in [3.63, 3.8) is 0 Å². The van der Waals surface area contributed by atoms with Crippen molar-refractivity contribution in [2.24, 2.45) is 0 Å². The second kappa shape index (κ2) is 9.56. The van der Waals surface area contributed by atoms with Gasteiger partial charge in [0, 0.05) is 18.7 Å². The molecule has 0 amide bonds. The number of nitrogens with one attached hydrogen (secondary N) is 3. The average molecular weight is 352 g/mol. The van der Waals surface area contributed by atoms with E-state index < -0.39 is 0 Å². The Morgan fingerprint density at radius 2 is 2.12 bits per heavy atom. The summed E-state index contributed by atoms with van der Waals surface area (Å²) in [5.74, 6) is -0.356. The van der Waals surface area contributed by atoms with Gasteiger partial charge in [-0.1, -0.05) is 6.07 Å². The molecular formula is C17H26N3O3S+. The minimum absolute atomic E-state index is 0.356. The SMILES string of the molecule is COC(=O)c1ccc(C)c(NC(=S)NCCC[NH+]2CCOCC2)c1. The van der Waals surface area contributed by atoms with Gasteiger partial charge in [0.15, 0.2) is 5.11 Å². The molecule has 24 heavy (non-hydrogen) atoms. The Balaban J connectivity index is 1.76. The molecular weight excluding hydrogens is 326 g/mol. The average Bonchev–Trinajstić information content (AvgIpc) is 2.61. The summed E-state index contributed by atoms with van der Waals surface area (Å²) in [6.45, 7) is 7.80. The number of esters is 1. The third-order valence-electron chi connectivity index (χ3n) is 4.10. The Morgan fingerprint density at radius 1 is 1.38 bits per heavy atom. The first-order chi connectivity index (χ1) is 11.6. The number of quaternary nitrogens is 1. The number of ether oxygens (including phenoxy) is 2. The van der Waals surface area contributed by atoms with Gasteiger partial charge in [0.05, 0.1) is 32.4 Å². The highest BCUT2D eigenvalue weighted by Gasteiger charge is 2.13. The predicted octanol–water partition coefficient (Wildman–Crippen LogP) is 0.373. The van der Waals surface area contributed by atoms with Crippen molar-refractivity contribution >= 4 is 29.0 Å². The van der Waals surface area contributed by atoms with Crippen LogP contribution in [0.15, 0.2) is 18.2 Å². The number of benzene rings is 1. The fourth-order valence-electron chi connectivity index (χ4n) is 2.62. The third-order valence-corrected chi connectivity index (χ3v) is 4.35. The highest BCUT2D eigenvalue weighted by Crippen LogP contribution is 2.17. The van der Waals surface area contributed by atoms with Crippen LogP contribution in [0.5, 0.6) is 0 Å². The first-order valence-corrected chi connectivity index (χ1v) is 8.66. The maximum Gasteiger partial charge on any atom is 0.337 e. The van der Waals surface area contributed by atoms with E-state index in [0.717, 1.165) is 57.1 Å². The van der Waals surface area contributed by atoms with Crippen LogP contribution < -0.4 is 15.5 Å². The van der Waals surface area contributed by atoms with Crippen molar-refractivity contribution in [2.45, 2.75) is 13.3 Å². The van der Waals surface area contributed by atoms with E-state index in [9.17, 15) is 4.79 Å². The smallest absolute Gasteiger partial charge is 0.337 e. The Hall–Kier alpha value is -1.70. The monoisotopic (exact) mass is 352 g/mol.